The van der Waals surface area contributed by atoms with Gasteiger partial charge < -0.3 is 4.74 Å². The third-order valence-electron chi connectivity index (χ3n) is 1.30. The van der Waals surface area contributed by atoms with E-state index in [1.54, 1.807) is 12.1 Å². The Morgan fingerprint density at radius 2 is 1.92 bits per heavy atom. The summed E-state index contributed by atoms with van der Waals surface area (Å²) in [6, 6.07) is 8.93. The lowest BCUT2D eigenvalue weighted by Gasteiger charge is -2.11. The molecule has 0 bridgehead atoms. The lowest BCUT2D eigenvalue weighted by molar-refractivity contribution is 0.00216. The standard InChI is InChI=1S/C9H9F2O/c1-7(10)9(11)12-8-5-3-2-4-6-8/h3-7,9H,1H3. The van der Waals surface area contributed by atoms with E-state index in [1.165, 1.54) is 12.1 Å². The van der Waals surface area contributed by atoms with Crippen LogP contribution < -0.4 is 4.74 Å². The van der Waals surface area contributed by atoms with Crippen LogP contribution in [0, 0.1) is 6.07 Å². The molecule has 1 aromatic rings. The molecule has 0 saturated carbocycles. The van der Waals surface area contributed by atoms with Crippen LogP contribution in [0.2, 0.25) is 0 Å². The topological polar surface area (TPSA) is 9.23 Å². The van der Waals surface area contributed by atoms with E-state index in [-0.39, 0.29) is 0 Å². The molecule has 65 valence electrons. The van der Waals surface area contributed by atoms with Crippen molar-refractivity contribution >= 4 is 0 Å². The van der Waals surface area contributed by atoms with Gasteiger partial charge in [-0.3, -0.25) is 0 Å². The third-order valence-corrected chi connectivity index (χ3v) is 1.30. The summed E-state index contributed by atoms with van der Waals surface area (Å²) in [5, 5.41) is 0. The van der Waals surface area contributed by atoms with Crippen molar-refractivity contribution in [2.75, 3.05) is 0 Å². The summed E-state index contributed by atoms with van der Waals surface area (Å²) in [7, 11) is 0. The van der Waals surface area contributed by atoms with Crippen molar-refractivity contribution in [2.24, 2.45) is 0 Å². The summed E-state index contributed by atoms with van der Waals surface area (Å²) in [5.41, 5.74) is 0. The average Bonchev–Trinajstić information content (AvgIpc) is 2.06. The van der Waals surface area contributed by atoms with Gasteiger partial charge in [0.05, 0.1) is 0 Å². The zero-order valence-corrected chi connectivity index (χ0v) is 6.63. The molecule has 12 heavy (non-hydrogen) atoms. The van der Waals surface area contributed by atoms with Crippen molar-refractivity contribution < 1.29 is 13.5 Å². The van der Waals surface area contributed by atoms with E-state index in [2.05, 4.69) is 10.8 Å². The van der Waals surface area contributed by atoms with Crippen molar-refractivity contribution in [3.05, 3.63) is 30.3 Å². The molecule has 0 amide bonds. The highest BCUT2D eigenvalue weighted by Gasteiger charge is 2.15. The lowest BCUT2D eigenvalue weighted by Crippen LogP contribution is -2.20. The maximum Gasteiger partial charge on any atom is 0.268 e. The maximum atomic E-state index is 12.6. The van der Waals surface area contributed by atoms with Crippen molar-refractivity contribution in [2.45, 2.75) is 19.5 Å². The summed E-state index contributed by atoms with van der Waals surface area (Å²) < 4.78 is 29.5. The SMILES string of the molecule is CC(F)C(F)Oc1cc[c]cc1. The second-order valence-corrected chi connectivity index (χ2v) is 2.38. The van der Waals surface area contributed by atoms with Gasteiger partial charge in [0.25, 0.3) is 6.36 Å². The van der Waals surface area contributed by atoms with Gasteiger partial charge in [-0.05, 0) is 25.1 Å². The van der Waals surface area contributed by atoms with Crippen LogP contribution in [0.3, 0.4) is 0 Å². The van der Waals surface area contributed by atoms with Gasteiger partial charge in [0, 0.05) is 0 Å². The molecule has 0 aliphatic heterocycles. The van der Waals surface area contributed by atoms with Crippen LogP contribution in [-0.2, 0) is 0 Å². The molecular formula is C9H9F2O. The van der Waals surface area contributed by atoms with Crippen LogP contribution in [-0.4, -0.2) is 12.5 Å². The van der Waals surface area contributed by atoms with Crippen LogP contribution in [0.1, 0.15) is 6.92 Å². The monoisotopic (exact) mass is 171 g/mol. The van der Waals surface area contributed by atoms with Gasteiger partial charge in [0.15, 0.2) is 6.17 Å². The van der Waals surface area contributed by atoms with Crippen LogP contribution >= 0.6 is 0 Å². The van der Waals surface area contributed by atoms with Crippen molar-refractivity contribution in [1.82, 2.24) is 0 Å². The minimum absolute atomic E-state index is 0.311. The first kappa shape index (κ1) is 8.97. The molecule has 1 nitrogen and oxygen atoms in total. The Balaban J connectivity index is 2.53. The molecule has 0 aliphatic carbocycles. The minimum Gasteiger partial charge on any atom is -0.457 e. The molecule has 0 spiro atoms. The molecular weight excluding hydrogens is 162 g/mol. The molecule has 2 atom stereocenters. The average molecular weight is 171 g/mol. The number of rotatable bonds is 3. The number of ether oxygens (including phenoxy) is 1. The Hall–Kier alpha value is -1.12. The molecule has 1 rings (SSSR count). The first-order valence-corrected chi connectivity index (χ1v) is 3.61. The van der Waals surface area contributed by atoms with E-state index < -0.39 is 12.5 Å². The molecule has 0 aliphatic rings. The van der Waals surface area contributed by atoms with E-state index >= 15 is 0 Å². The second-order valence-electron chi connectivity index (χ2n) is 2.38. The van der Waals surface area contributed by atoms with Crippen LogP contribution in [0.4, 0.5) is 8.78 Å². The first-order valence-electron chi connectivity index (χ1n) is 3.61. The fraction of sp³-hybridized carbons (Fsp3) is 0.333. The molecule has 1 aromatic carbocycles. The van der Waals surface area contributed by atoms with Gasteiger partial charge in [-0.1, -0.05) is 12.1 Å². The Morgan fingerprint density at radius 3 is 2.42 bits per heavy atom. The largest absolute Gasteiger partial charge is 0.457 e. The fourth-order valence-corrected chi connectivity index (χ4v) is 0.674. The fourth-order valence-electron chi connectivity index (χ4n) is 0.674. The normalized spacial score (nSPS) is 15.2. The Bertz CT molecular complexity index is 223. The summed E-state index contributed by atoms with van der Waals surface area (Å²) in [4.78, 5) is 0. The van der Waals surface area contributed by atoms with Crippen molar-refractivity contribution in [3.63, 3.8) is 0 Å². The molecule has 0 saturated heterocycles. The molecule has 0 aromatic heterocycles. The molecule has 3 heteroatoms. The molecule has 0 fully saturated rings. The lowest BCUT2D eigenvalue weighted by atomic mass is 10.3. The van der Waals surface area contributed by atoms with Crippen LogP contribution in [0.25, 0.3) is 0 Å². The van der Waals surface area contributed by atoms with Crippen LogP contribution in [0.5, 0.6) is 5.75 Å². The Morgan fingerprint density at radius 1 is 1.33 bits per heavy atom. The number of benzene rings is 1. The predicted molar refractivity (Wildman–Crippen MR) is 41.4 cm³/mol. The molecule has 2 unspecified atom stereocenters. The van der Waals surface area contributed by atoms with Gasteiger partial charge in [0.1, 0.15) is 5.75 Å². The van der Waals surface area contributed by atoms with E-state index in [4.69, 9.17) is 0 Å². The van der Waals surface area contributed by atoms with Gasteiger partial charge in [0.2, 0.25) is 0 Å². The Kier molecular flexibility index (Phi) is 3.02. The second kappa shape index (κ2) is 4.04. The number of alkyl halides is 2. The molecule has 0 heterocycles. The van der Waals surface area contributed by atoms with E-state index in [0.717, 1.165) is 6.92 Å². The van der Waals surface area contributed by atoms with E-state index in [9.17, 15) is 8.78 Å². The highest BCUT2D eigenvalue weighted by atomic mass is 19.2. The van der Waals surface area contributed by atoms with E-state index in [0.29, 0.717) is 5.75 Å². The quantitative estimate of drug-likeness (QED) is 0.679. The van der Waals surface area contributed by atoms with Gasteiger partial charge in [-0.25, -0.2) is 4.39 Å². The minimum atomic E-state index is -1.90. The zero-order chi connectivity index (χ0) is 8.97. The maximum absolute atomic E-state index is 12.6. The molecule has 1 radical (unpaired) electrons. The number of halogens is 2. The summed E-state index contributed by atoms with van der Waals surface area (Å²) in [5.74, 6) is 0.311. The van der Waals surface area contributed by atoms with Gasteiger partial charge >= 0.3 is 0 Å². The highest BCUT2D eigenvalue weighted by Crippen LogP contribution is 2.13. The predicted octanol–water partition coefficient (Wildman–Crippen LogP) is 2.52. The summed E-state index contributed by atoms with van der Waals surface area (Å²) in [6.45, 7) is 1.11. The molecule has 0 N–H and O–H groups in total. The number of hydrogen-bond acceptors (Lipinski definition) is 1. The third kappa shape index (κ3) is 2.49. The van der Waals surface area contributed by atoms with Crippen molar-refractivity contribution in [1.29, 1.82) is 0 Å². The summed E-state index contributed by atoms with van der Waals surface area (Å²) in [6.07, 6.45) is -3.51. The smallest absolute Gasteiger partial charge is 0.268 e. The Labute approximate surface area is 70.0 Å². The summed E-state index contributed by atoms with van der Waals surface area (Å²) >= 11 is 0. The van der Waals surface area contributed by atoms with Crippen molar-refractivity contribution in [3.8, 4) is 5.75 Å². The van der Waals surface area contributed by atoms with E-state index in [1.807, 2.05) is 0 Å². The van der Waals surface area contributed by atoms with Crippen LogP contribution in [0.15, 0.2) is 24.3 Å². The highest BCUT2D eigenvalue weighted by molar-refractivity contribution is 5.20. The zero-order valence-electron chi connectivity index (χ0n) is 6.63. The first-order chi connectivity index (χ1) is 5.70. The number of hydrogen-bond donors (Lipinski definition) is 0. The van der Waals surface area contributed by atoms with Gasteiger partial charge in [-0.15, -0.1) is 0 Å². The van der Waals surface area contributed by atoms with Gasteiger partial charge in [-0.2, -0.15) is 4.39 Å².